The van der Waals surface area contributed by atoms with Crippen molar-refractivity contribution >= 4 is 5.91 Å². The molecular weight excluding hydrogens is 306 g/mol. The minimum Gasteiger partial charge on any atom is -0.339 e. The molecule has 1 saturated heterocycles. The summed E-state index contributed by atoms with van der Waals surface area (Å²) in [6, 6.07) is 0. The van der Waals surface area contributed by atoms with Crippen molar-refractivity contribution in [3.05, 3.63) is 29.7 Å². The Kier molecular flexibility index (Phi) is 3.47. The number of nitrogens with zero attached hydrogens (tertiary/aromatic N) is 5. The predicted molar refractivity (Wildman–Crippen MR) is 86.5 cm³/mol. The molecule has 2 aromatic rings. The van der Waals surface area contributed by atoms with Gasteiger partial charge in [0.15, 0.2) is 5.82 Å². The van der Waals surface area contributed by atoms with E-state index in [4.69, 9.17) is 4.52 Å². The average Bonchev–Trinajstić information content (AvgIpc) is 3.28. The van der Waals surface area contributed by atoms with E-state index >= 15 is 0 Å². The van der Waals surface area contributed by atoms with Gasteiger partial charge in [0.05, 0.1) is 17.2 Å². The summed E-state index contributed by atoms with van der Waals surface area (Å²) in [6.07, 6.45) is 6.67. The number of aryl methyl sites for hydroxylation is 1. The molecule has 1 amide bonds. The molecule has 128 valence electrons. The Hall–Kier alpha value is -2.18. The van der Waals surface area contributed by atoms with Gasteiger partial charge in [0.1, 0.15) is 0 Å². The lowest BCUT2D eigenvalue weighted by molar-refractivity contribution is 0.0775. The van der Waals surface area contributed by atoms with Gasteiger partial charge >= 0.3 is 0 Å². The van der Waals surface area contributed by atoms with Crippen LogP contribution in [0.1, 0.15) is 61.1 Å². The maximum Gasteiger partial charge on any atom is 0.257 e. The molecule has 1 aliphatic carbocycles. The fourth-order valence-electron chi connectivity index (χ4n) is 4.18. The molecular formula is C17H23N5O2. The lowest BCUT2D eigenvalue weighted by atomic mass is 9.80. The molecule has 0 radical (unpaired) electrons. The minimum absolute atomic E-state index is 0.0421. The average molecular weight is 329 g/mol. The second-order valence-electron chi connectivity index (χ2n) is 7.45. The molecule has 0 aromatic carbocycles. The molecule has 0 bridgehead atoms. The van der Waals surface area contributed by atoms with Crippen LogP contribution in [0.25, 0.3) is 0 Å². The smallest absolute Gasteiger partial charge is 0.257 e. The number of aromatic nitrogens is 4. The Morgan fingerprint density at radius 2 is 2.29 bits per heavy atom. The molecule has 1 aliphatic heterocycles. The van der Waals surface area contributed by atoms with Gasteiger partial charge in [-0.15, -0.1) is 0 Å². The molecule has 3 heterocycles. The number of likely N-dealkylation sites (tertiary alicyclic amines) is 1. The van der Waals surface area contributed by atoms with Crippen LogP contribution >= 0.6 is 0 Å². The van der Waals surface area contributed by atoms with Crippen LogP contribution in [0.4, 0.5) is 0 Å². The van der Waals surface area contributed by atoms with E-state index in [-0.39, 0.29) is 17.2 Å². The summed E-state index contributed by atoms with van der Waals surface area (Å²) in [4.78, 5) is 19.4. The molecule has 2 aliphatic rings. The van der Waals surface area contributed by atoms with Gasteiger partial charge in [0.25, 0.3) is 5.91 Å². The topological polar surface area (TPSA) is 77.0 Å². The summed E-state index contributed by atoms with van der Waals surface area (Å²) >= 11 is 0. The van der Waals surface area contributed by atoms with E-state index in [1.54, 1.807) is 17.1 Å². The molecule has 4 rings (SSSR count). The third-order valence-electron chi connectivity index (χ3n) is 5.49. The molecule has 2 atom stereocenters. The fraction of sp³-hybridized carbons (Fsp3) is 0.647. The molecule has 7 heteroatoms. The van der Waals surface area contributed by atoms with E-state index in [1.807, 2.05) is 11.9 Å². The first-order valence-corrected chi connectivity index (χ1v) is 8.61. The van der Waals surface area contributed by atoms with E-state index in [9.17, 15) is 4.79 Å². The van der Waals surface area contributed by atoms with Gasteiger partial charge < -0.3 is 9.42 Å². The summed E-state index contributed by atoms with van der Waals surface area (Å²) in [5, 5.41) is 8.25. The Bertz CT molecular complexity index is 765. The maximum atomic E-state index is 12.8. The van der Waals surface area contributed by atoms with Crippen molar-refractivity contribution in [1.82, 2.24) is 24.8 Å². The quantitative estimate of drug-likeness (QED) is 0.862. The molecule has 0 unspecified atom stereocenters. The van der Waals surface area contributed by atoms with Gasteiger partial charge in [-0.1, -0.05) is 25.4 Å². The Balaban J connectivity index is 1.62. The highest BCUT2D eigenvalue weighted by Crippen LogP contribution is 2.50. The Labute approximate surface area is 141 Å². The minimum atomic E-state index is -0.169. The third-order valence-corrected chi connectivity index (χ3v) is 5.49. The van der Waals surface area contributed by atoms with E-state index in [0.717, 1.165) is 37.5 Å². The Morgan fingerprint density at radius 1 is 1.46 bits per heavy atom. The van der Waals surface area contributed by atoms with Crippen molar-refractivity contribution in [2.75, 3.05) is 13.1 Å². The van der Waals surface area contributed by atoms with Crippen molar-refractivity contribution in [3.63, 3.8) is 0 Å². The van der Waals surface area contributed by atoms with Gasteiger partial charge in [-0.2, -0.15) is 10.1 Å². The summed E-state index contributed by atoms with van der Waals surface area (Å²) in [6.45, 7) is 5.54. The van der Waals surface area contributed by atoms with Crippen LogP contribution in [0.15, 0.2) is 16.9 Å². The number of hydrogen-bond donors (Lipinski definition) is 0. The molecule has 0 N–H and O–H groups in total. The van der Waals surface area contributed by atoms with Crippen LogP contribution in [0.5, 0.6) is 0 Å². The highest BCUT2D eigenvalue weighted by atomic mass is 16.5. The first-order chi connectivity index (χ1) is 11.5. The number of amides is 1. The highest BCUT2D eigenvalue weighted by Gasteiger charge is 2.55. The van der Waals surface area contributed by atoms with Crippen molar-refractivity contribution in [1.29, 1.82) is 0 Å². The van der Waals surface area contributed by atoms with Crippen LogP contribution in [0.3, 0.4) is 0 Å². The van der Waals surface area contributed by atoms with Crippen molar-refractivity contribution < 1.29 is 9.32 Å². The molecule has 0 spiro atoms. The zero-order valence-corrected chi connectivity index (χ0v) is 14.4. The van der Waals surface area contributed by atoms with E-state index in [1.165, 1.54) is 0 Å². The molecule has 2 aromatic heterocycles. The first kappa shape index (κ1) is 15.4. The SMILES string of the molecule is CC(C)c1noc([C@]23CCC[C@H]2CN(C(=O)c2cnn(C)c2)C3)n1. The summed E-state index contributed by atoms with van der Waals surface area (Å²) in [5.74, 6) is 2.16. The first-order valence-electron chi connectivity index (χ1n) is 8.61. The molecule has 7 nitrogen and oxygen atoms in total. The largest absolute Gasteiger partial charge is 0.339 e. The monoisotopic (exact) mass is 329 g/mol. The van der Waals surface area contributed by atoms with Gasteiger partial charge in [-0.05, 0) is 18.8 Å². The zero-order chi connectivity index (χ0) is 16.9. The van der Waals surface area contributed by atoms with Gasteiger partial charge in [0, 0.05) is 32.3 Å². The van der Waals surface area contributed by atoms with Gasteiger partial charge in [-0.25, -0.2) is 0 Å². The normalized spacial score (nSPS) is 26.3. The number of fused-ring (bicyclic) bond motifs is 1. The standard InChI is InChI=1S/C17H23N5O2/c1-11(2)14-19-16(24-20-14)17-6-4-5-13(17)9-22(10-17)15(23)12-7-18-21(3)8-12/h7-8,11,13H,4-6,9-10H2,1-3H3/t13-,17-/m0/s1. The fourth-order valence-corrected chi connectivity index (χ4v) is 4.18. The van der Waals surface area contributed by atoms with E-state index in [0.29, 0.717) is 18.0 Å². The molecule has 1 saturated carbocycles. The van der Waals surface area contributed by atoms with Crippen molar-refractivity contribution in [3.8, 4) is 0 Å². The number of rotatable bonds is 3. The van der Waals surface area contributed by atoms with E-state index in [2.05, 4.69) is 29.1 Å². The second-order valence-corrected chi connectivity index (χ2v) is 7.45. The van der Waals surface area contributed by atoms with Crippen molar-refractivity contribution in [2.45, 2.75) is 44.4 Å². The molecule has 24 heavy (non-hydrogen) atoms. The molecule has 2 fully saturated rings. The lowest BCUT2D eigenvalue weighted by Gasteiger charge is -2.24. The summed E-state index contributed by atoms with van der Waals surface area (Å²) in [5.41, 5.74) is 0.471. The van der Waals surface area contributed by atoms with Crippen LogP contribution in [-0.4, -0.2) is 43.8 Å². The van der Waals surface area contributed by atoms with Gasteiger partial charge in [0.2, 0.25) is 5.89 Å². The number of carbonyl (C=O) groups is 1. The lowest BCUT2D eigenvalue weighted by Crippen LogP contribution is -2.34. The predicted octanol–water partition coefficient (Wildman–Crippen LogP) is 2.12. The van der Waals surface area contributed by atoms with Crippen molar-refractivity contribution in [2.24, 2.45) is 13.0 Å². The van der Waals surface area contributed by atoms with Crippen LogP contribution in [0.2, 0.25) is 0 Å². The second kappa shape index (κ2) is 5.43. The maximum absolute atomic E-state index is 12.8. The van der Waals surface area contributed by atoms with E-state index < -0.39 is 0 Å². The Morgan fingerprint density at radius 3 is 2.96 bits per heavy atom. The highest BCUT2D eigenvalue weighted by molar-refractivity contribution is 5.94. The van der Waals surface area contributed by atoms with Gasteiger partial charge in [-0.3, -0.25) is 9.48 Å². The summed E-state index contributed by atoms with van der Waals surface area (Å²) in [7, 11) is 1.82. The van der Waals surface area contributed by atoms with Crippen LogP contribution in [-0.2, 0) is 12.5 Å². The zero-order valence-electron chi connectivity index (χ0n) is 14.4. The summed E-state index contributed by atoms with van der Waals surface area (Å²) < 4.78 is 7.30. The van der Waals surface area contributed by atoms with Crippen LogP contribution in [0, 0.1) is 5.92 Å². The van der Waals surface area contributed by atoms with Crippen LogP contribution < -0.4 is 0 Å². The number of hydrogen-bond acceptors (Lipinski definition) is 5. The third kappa shape index (κ3) is 2.25. The number of carbonyl (C=O) groups excluding carboxylic acids is 1.